The second-order valence-electron chi connectivity index (χ2n) is 4.75. The summed E-state index contributed by atoms with van der Waals surface area (Å²) in [6.07, 6.45) is 0. The first-order valence-corrected chi connectivity index (χ1v) is 6.85. The van der Waals surface area contributed by atoms with E-state index in [1.54, 1.807) is 25.1 Å². The van der Waals surface area contributed by atoms with Gasteiger partial charge in [0.1, 0.15) is 12.4 Å². The number of carbonyl (C=O) groups excluding carboxylic acids is 1. The Kier molecular flexibility index (Phi) is 4.82. The molecule has 0 heterocycles. The standard InChI is InChI=1S/C17H19NO3/c1-3-20-17(19)14-8-9-16(15(18)10-14)21-11-13-6-4-12(2)5-7-13/h4-10H,3,11,18H2,1-2H3. The average Bonchev–Trinajstić information content (AvgIpc) is 2.48. The Morgan fingerprint density at radius 2 is 1.86 bits per heavy atom. The van der Waals surface area contributed by atoms with E-state index in [2.05, 4.69) is 0 Å². The lowest BCUT2D eigenvalue weighted by Gasteiger charge is -2.10. The minimum absolute atomic E-state index is 0.338. The van der Waals surface area contributed by atoms with E-state index in [-0.39, 0.29) is 5.97 Å². The van der Waals surface area contributed by atoms with Gasteiger partial charge in [-0.05, 0) is 37.6 Å². The summed E-state index contributed by atoms with van der Waals surface area (Å²) in [7, 11) is 0. The van der Waals surface area contributed by atoms with E-state index in [1.165, 1.54) is 5.56 Å². The number of carbonyl (C=O) groups is 1. The van der Waals surface area contributed by atoms with Crippen molar-refractivity contribution in [3.05, 3.63) is 59.2 Å². The highest BCUT2D eigenvalue weighted by molar-refractivity contribution is 5.91. The maximum absolute atomic E-state index is 11.6. The van der Waals surface area contributed by atoms with Crippen LogP contribution in [0.25, 0.3) is 0 Å². The molecular weight excluding hydrogens is 266 g/mol. The number of benzene rings is 2. The lowest BCUT2D eigenvalue weighted by atomic mass is 10.1. The summed E-state index contributed by atoms with van der Waals surface area (Å²) in [5, 5.41) is 0. The highest BCUT2D eigenvalue weighted by Gasteiger charge is 2.09. The summed E-state index contributed by atoms with van der Waals surface area (Å²) in [4.78, 5) is 11.6. The number of hydrogen-bond acceptors (Lipinski definition) is 4. The Bertz CT molecular complexity index is 620. The van der Waals surface area contributed by atoms with Crippen LogP contribution in [0.4, 0.5) is 5.69 Å². The third-order valence-corrected chi connectivity index (χ3v) is 3.04. The molecule has 0 fully saturated rings. The maximum Gasteiger partial charge on any atom is 0.338 e. The zero-order valence-corrected chi connectivity index (χ0v) is 12.3. The van der Waals surface area contributed by atoms with E-state index >= 15 is 0 Å². The zero-order chi connectivity index (χ0) is 15.2. The van der Waals surface area contributed by atoms with Crippen molar-refractivity contribution in [3.8, 4) is 5.75 Å². The van der Waals surface area contributed by atoms with E-state index in [0.29, 0.717) is 30.2 Å². The minimum Gasteiger partial charge on any atom is -0.487 e. The molecule has 0 radical (unpaired) electrons. The van der Waals surface area contributed by atoms with Crippen molar-refractivity contribution in [2.24, 2.45) is 0 Å². The van der Waals surface area contributed by atoms with Crippen LogP contribution < -0.4 is 10.5 Å². The minimum atomic E-state index is -0.380. The van der Waals surface area contributed by atoms with Gasteiger partial charge in [-0.3, -0.25) is 0 Å². The number of nitrogen functional groups attached to an aromatic ring is 1. The molecule has 21 heavy (non-hydrogen) atoms. The van der Waals surface area contributed by atoms with Crippen LogP contribution in [0, 0.1) is 6.92 Å². The van der Waals surface area contributed by atoms with Crippen LogP contribution >= 0.6 is 0 Å². The lowest BCUT2D eigenvalue weighted by molar-refractivity contribution is 0.0526. The first-order chi connectivity index (χ1) is 10.1. The van der Waals surface area contributed by atoms with Crippen molar-refractivity contribution < 1.29 is 14.3 Å². The molecule has 4 nitrogen and oxygen atoms in total. The predicted octanol–water partition coefficient (Wildman–Crippen LogP) is 3.33. The highest BCUT2D eigenvalue weighted by atomic mass is 16.5. The Morgan fingerprint density at radius 3 is 2.48 bits per heavy atom. The van der Waals surface area contributed by atoms with Crippen LogP contribution in [-0.2, 0) is 11.3 Å². The molecule has 110 valence electrons. The first-order valence-electron chi connectivity index (χ1n) is 6.85. The fourth-order valence-electron chi connectivity index (χ4n) is 1.87. The van der Waals surface area contributed by atoms with E-state index in [0.717, 1.165) is 5.56 Å². The molecule has 0 atom stereocenters. The van der Waals surface area contributed by atoms with Gasteiger partial charge >= 0.3 is 5.97 Å². The molecule has 0 saturated heterocycles. The number of ether oxygens (including phenoxy) is 2. The third kappa shape index (κ3) is 3.99. The third-order valence-electron chi connectivity index (χ3n) is 3.04. The second kappa shape index (κ2) is 6.79. The summed E-state index contributed by atoms with van der Waals surface area (Å²) in [6.45, 7) is 4.57. The molecule has 0 aliphatic carbocycles. The molecule has 0 spiro atoms. The Hall–Kier alpha value is -2.49. The number of hydrogen-bond donors (Lipinski definition) is 1. The van der Waals surface area contributed by atoms with Gasteiger partial charge in [0.2, 0.25) is 0 Å². The molecule has 0 aliphatic heterocycles. The summed E-state index contributed by atoms with van der Waals surface area (Å²) in [6, 6.07) is 13.0. The van der Waals surface area contributed by atoms with Gasteiger partial charge < -0.3 is 15.2 Å². The van der Waals surface area contributed by atoms with Gasteiger partial charge in [-0.1, -0.05) is 29.8 Å². The summed E-state index contributed by atoms with van der Waals surface area (Å²) >= 11 is 0. The molecule has 0 aromatic heterocycles. The van der Waals surface area contributed by atoms with Crippen LogP contribution in [0.15, 0.2) is 42.5 Å². The molecule has 0 saturated carbocycles. The summed E-state index contributed by atoms with van der Waals surface area (Å²) in [5.74, 6) is 0.179. The number of anilines is 1. The van der Waals surface area contributed by atoms with Crippen molar-refractivity contribution in [2.75, 3.05) is 12.3 Å². The van der Waals surface area contributed by atoms with Crippen LogP contribution in [0.5, 0.6) is 5.75 Å². The maximum atomic E-state index is 11.6. The van der Waals surface area contributed by atoms with Crippen LogP contribution in [0.1, 0.15) is 28.4 Å². The van der Waals surface area contributed by atoms with Crippen LogP contribution in [-0.4, -0.2) is 12.6 Å². The SMILES string of the molecule is CCOC(=O)c1ccc(OCc2ccc(C)cc2)c(N)c1. The van der Waals surface area contributed by atoms with E-state index < -0.39 is 0 Å². The van der Waals surface area contributed by atoms with Crippen LogP contribution in [0.2, 0.25) is 0 Å². The number of nitrogens with two attached hydrogens (primary N) is 1. The van der Waals surface area contributed by atoms with E-state index in [4.69, 9.17) is 15.2 Å². The van der Waals surface area contributed by atoms with Crippen molar-refractivity contribution in [1.82, 2.24) is 0 Å². The van der Waals surface area contributed by atoms with Crippen molar-refractivity contribution in [2.45, 2.75) is 20.5 Å². The van der Waals surface area contributed by atoms with Gasteiger partial charge in [-0.15, -0.1) is 0 Å². The van der Waals surface area contributed by atoms with E-state index in [1.807, 2.05) is 31.2 Å². The molecule has 0 unspecified atom stereocenters. The smallest absolute Gasteiger partial charge is 0.338 e. The molecule has 0 aliphatic rings. The number of rotatable bonds is 5. The molecule has 2 rings (SSSR count). The normalized spacial score (nSPS) is 10.2. The van der Waals surface area contributed by atoms with Crippen LogP contribution in [0.3, 0.4) is 0 Å². The van der Waals surface area contributed by atoms with Gasteiger partial charge in [0.25, 0.3) is 0 Å². The molecule has 0 bridgehead atoms. The first kappa shape index (κ1) is 14.9. The predicted molar refractivity (Wildman–Crippen MR) is 82.3 cm³/mol. The Labute approximate surface area is 124 Å². The van der Waals surface area contributed by atoms with Crippen molar-refractivity contribution >= 4 is 11.7 Å². The fraction of sp³-hybridized carbons (Fsp3) is 0.235. The number of aryl methyl sites for hydroxylation is 1. The van der Waals surface area contributed by atoms with Gasteiger partial charge in [-0.2, -0.15) is 0 Å². The zero-order valence-electron chi connectivity index (χ0n) is 12.3. The topological polar surface area (TPSA) is 61.5 Å². The molecule has 0 amide bonds. The Morgan fingerprint density at radius 1 is 1.14 bits per heavy atom. The van der Waals surface area contributed by atoms with Crippen molar-refractivity contribution in [3.63, 3.8) is 0 Å². The van der Waals surface area contributed by atoms with Gasteiger partial charge in [0.15, 0.2) is 0 Å². The monoisotopic (exact) mass is 285 g/mol. The average molecular weight is 285 g/mol. The van der Waals surface area contributed by atoms with Gasteiger partial charge in [-0.25, -0.2) is 4.79 Å². The van der Waals surface area contributed by atoms with E-state index in [9.17, 15) is 4.79 Å². The second-order valence-corrected chi connectivity index (χ2v) is 4.75. The molecular formula is C17H19NO3. The number of esters is 1. The van der Waals surface area contributed by atoms with Crippen molar-refractivity contribution in [1.29, 1.82) is 0 Å². The van der Waals surface area contributed by atoms with Gasteiger partial charge in [0.05, 0.1) is 17.9 Å². The molecule has 2 aromatic carbocycles. The molecule has 2 aromatic rings. The Balaban J connectivity index is 2.04. The fourth-order valence-corrected chi connectivity index (χ4v) is 1.87. The molecule has 4 heteroatoms. The summed E-state index contributed by atoms with van der Waals surface area (Å²) < 4.78 is 10.6. The van der Waals surface area contributed by atoms with Gasteiger partial charge in [0, 0.05) is 0 Å². The summed E-state index contributed by atoms with van der Waals surface area (Å²) in [5.41, 5.74) is 9.03. The lowest BCUT2D eigenvalue weighted by Crippen LogP contribution is -2.06. The highest BCUT2D eigenvalue weighted by Crippen LogP contribution is 2.24. The molecule has 2 N–H and O–H groups in total. The largest absolute Gasteiger partial charge is 0.487 e. The quantitative estimate of drug-likeness (QED) is 0.676.